The number of nitrogens with zero attached hydrogens (tertiary/aromatic N) is 3. The topological polar surface area (TPSA) is 127 Å². The number of anilines is 1. The Morgan fingerprint density at radius 1 is 1.25 bits per heavy atom. The highest BCUT2D eigenvalue weighted by Crippen LogP contribution is 2.39. The number of aliphatic imine (C=N–C) groups is 1. The lowest BCUT2D eigenvalue weighted by atomic mass is 9.96. The lowest BCUT2D eigenvalue weighted by Gasteiger charge is -2.12. The van der Waals surface area contributed by atoms with Gasteiger partial charge in [-0.05, 0) is 67.5 Å². The highest BCUT2D eigenvalue weighted by Gasteiger charge is 2.20. The largest absolute Gasteiger partial charge is 0.493 e. The third kappa shape index (κ3) is 5.53. The first-order valence-electron chi connectivity index (χ1n) is 11.3. The molecule has 0 bridgehead atoms. The van der Waals surface area contributed by atoms with Crippen LogP contribution in [0.4, 0.5) is 16.4 Å². The minimum absolute atomic E-state index is 0.111. The van der Waals surface area contributed by atoms with Crippen molar-refractivity contribution in [2.75, 3.05) is 19.0 Å². The van der Waals surface area contributed by atoms with E-state index in [1.54, 1.807) is 48.7 Å². The quantitative estimate of drug-likeness (QED) is 0.245. The summed E-state index contributed by atoms with van der Waals surface area (Å²) in [5, 5.41) is 24.0. The van der Waals surface area contributed by atoms with Crippen LogP contribution in [0.5, 0.6) is 11.5 Å². The fourth-order valence-corrected chi connectivity index (χ4v) is 5.15. The number of non-ortho nitro benzene ring substituents is 1. The maximum Gasteiger partial charge on any atom is 0.271 e. The number of ether oxygens (including phenoxy) is 2. The van der Waals surface area contributed by atoms with Gasteiger partial charge >= 0.3 is 0 Å². The summed E-state index contributed by atoms with van der Waals surface area (Å²) in [4.78, 5) is 28.7. The molecule has 1 aromatic heterocycles. The van der Waals surface area contributed by atoms with Crippen molar-refractivity contribution < 1.29 is 19.2 Å². The number of fused-ring (bicyclic) bond motifs is 1. The molecule has 184 valence electrons. The van der Waals surface area contributed by atoms with Gasteiger partial charge in [0.05, 0.1) is 23.3 Å². The van der Waals surface area contributed by atoms with Gasteiger partial charge < -0.3 is 14.8 Å². The number of nitrogens with one attached hydrogen (secondary N) is 1. The molecule has 1 aliphatic rings. The van der Waals surface area contributed by atoms with Crippen molar-refractivity contribution in [3.8, 4) is 17.6 Å². The number of methoxy groups -OCH3 is 1. The molecule has 0 aliphatic heterocycles. The van der Waals surface area contributed by atoms with Crippen LogP contribution in [0, 0.1) is 28.4 Å². The van der Waals surface area contributed by atoms with Crippen molar-refractivity contribution >= 4 is 39.8 Å². The van der Waals surface area contributed by atoms with E-state index in [-0.39, 0.29) is 12.3 Å². The number of thiophene rings is 1. The highest BCUT2D eigenvalue weighted by molar-refractivity contribution is 7.16. The van der Waals surface area contributed by atoms with Crippen LogP contribution >= 0.6 is 11.3 Å². The Bertz CT molecular complexity index is 1390. The zero-order valence-corrected chi connectivity index (χ0v) is 20.7. The van der Waals surface area contributed by atoms with Crippen LogP contribution in [-0.4, -0.2) is 30.8 Å². The van der Waals surface area contributed by atoms with Crippen LogP contribution in [-0.2, 0) is 17.6 Å². The number of aryl methyl sites for hydroxylation is 2. The molecule has 1 amide bonds. The van der Waals surface area contributed by atoms with Crippen LogP contribution < -0.4 is 14.8 Å². The average molecular weight is 505 g/mol. The molecule has 0 unspecified atom stereocenters. The maximum atomic E-state index is 12.4. The van der Waals surface area contributed by atoms with Crippen molar-refractivity contribution in [3.05, 3.63) is 73.6 Å². The summed E-state index contributed by atoms with van der Waals surface area (Å²) in [5.41, 5.74) is 3.50. The van der Waals surface area contributed by atoms with Gasteiger partial charge in [0.2, 0.25) is 0 Å². The third-order valence-electron chi connectivity index (χ3n) is 5.85. The van der Waals surface area contributed by atoms with Crippen molar-refractivity contribution in [1.82, 2.24) is 0 Å². The van der Waals surface area contributed by atoms with Crippen molar-refractivity contribution in [2.45, 2.75) is 32.6 Å². The molecule has 9 nitrogen and oxygen atoms in total. The number of nitriles is 1. The van der Waals surface area contributed by atoms with Gasteiger partial charge in [-0.15, -0.1) is 11.3 Å². The molecule has 0 saturated heterocycles. The average Bonchev–Trinajstić information content (AvgIpc) is 3.25. The number of carbonyl (C=O) groups is 1. The minimum atomic E-state index is -0.519. The molecule has 0 fully saturated rings. The third-order valence-corrected chi connectivity index (χ3v) is 7.05. The second kappa shape index (κ2) is 11.0. The second-order valence-electron chi connectivity index (χ2n) is 8.26. The first-order chi connectivity index (χ1) is 17.4. The van der Waals surface area contributed by atoms with E-state index in [1.807, 2.05) is 0 Å². The fraction of sp³-hybridized carbons (Fsp3) is 0.269. The summed E-state index contributed by atoms with van der Waals surface area (Å²) in [6.07, 6.45) is 5.85. The lowest BCUT2D eigenvalue weighted by molar-refractivity contribution is -0.384. The molecule has 1 N–H and O–H groups in total. The predicted molar refractivity (Wildman–Crippen MR) is 138 cm³/mol. The van der Waals surface area contributed by atoms with E-state index >= 15 is 0 Å². The van der Waals surface area contributed by atoms with E-state index in [0.717, 1.165) is 41.8 Å². The SMILES string of the molecule is COc1cc(/C=N/c2sc3c(c2C#N)CCCC3)ccc1OCC(=O)Nc1cc([N+](=O)[O-])ccc1C. The molecule has 4 rings (SSSR count). The van der Waals surface area contributed by atoms with Crippen molar-refractivity contribution in [1.29, 1.82) is 5.26 Å². The Balaban J connectivity index is 1.43. The molecule has 1 heterocycles. The number of amides is 1. The van der Waals surface area contributed by atoms with Crippen LogP contribution in [0.1, 0.15) is 40.0 Å². The Kier molecular flexibility index (Phi) is 7.61. The molecule has 0 radical (unpaired) electrons. The van der Waals surface area contributed by atoms with Gasteiger partial charge in [0.15, 0.2) is 18.1 Å². The molecular formula is C26H24N4O5S. The first-order valence-corrected chi connectivity index (χ1v) is 12.2. The van der Waals surface area contributed by atoms with Gasteiger partial charge in [0, 0.05) is 23.2 Å². The molecule has 36 heavy (non-hydrogen) atoms. The Morgan fingerprint density at radius 3 is 2.81 bits per heavy atom. The molecule has 0 saturated carbocycles. The van der Waals surface area contributed by atoms with Gasteiger partial charge in [0.25, 0.3) is 11.6 Å². The van der Waals surface area contributed by atoms with E-state index < -0.39 is 10.8 Å². The van der Waals surface area contributed by atoms with Crippen LogP contribution in [0.25, 0.3) is 0 Å². The van der Waals surface area contributed by atoms with Crippen molar-refractivity contribution in [2.24, 2.45) is 4.99 Å². The number of hydrogen-bond donors (Lipinski definition) is 1. The van der Waals surface area contributed by atoms with E-state index in [9.17, 15) is 20.2 Å². The molecule has 0 spiro atoms. The molecule has 2 aromatic carbocycles. The number of hydrogen-bond acceptors (Lipinski definition) is 8. The summed E-state index contributed by atoms with van der Waals surface area (Å²) in [7, 11) is 1.50. The summed E-state index contributed by atoms with van der Waals surface area (Å²) < 4.78 is 11.1. The van der Waals surface area contributed by atoms with Gasteiger partial charge in [-0.25, -0.2) is 4.99 Å². The Labute approximate surface area is 212 Å². The standard InChI is InChI=1S/C26H24N4O5S/c1-16-7-9-18(30(32)33)12-21(16)29-25(31)15-35-22-10-8-17(11-23(22)34-2)14-28-26-20(13-27)19-5-3-4-6-24(19)36-26/h7-12,14H,3-6,15H2,1-2H3,(H,29,31)/b28-14+. The molecule has 10 heteroatoms. The highest BCUT2D eigenvalue weighted by atomic mass is 32.1. The fourth-order valence-electron chi connectivity index (χ4n) is 3.96. The summed E-state index contributed by atoms with van der Waals surface area (Å²) in [6.45, 7) is 1.44. The Morgan fingerprint density at radius 2 is 2.06 bits per heavy atom. The van der Waals surface area contributed by atoms with E-state index in [1.165, 1.54) is 24.1 Å². The molecule has 1 aliphatic carbocycles. The second-order valence-corrected chi connectivity index (χ2v) is 9.35. The van der Waals surface area contributed by atoms with Gasteiger partial charge in [-0.2, -0.15) is 5.26 Å². The van der Waals surface area contributed by atoms with E-state index in [2.05, 4.69) is 16.4 Å². The number of benzene rings is 2. The lowest BCUT2D eigenvalue weighted by Crippen LogP contribution is -2.21. The smallest absolute Gasteiger partial charge is 0.271 e. The van der Waals surface area contributed by atoms with Gasteiger partial charge in [-0.3, -0.25) is 14.9 Å². The maximum absolute atomic E-state index is 12.4. The minimum Gasteiger partial charge on any atom is -0.493 e. The van der Waals surface area contributed by atoms with Gasteiger partial charge in [-0.1, -0.05) is 6.07 Å². The number of rotatable bonds is 8. The number of nitro benzene ring substituents is 1. The normalized spacial score (nSPS) is 12.6. The monoisotopic (exact) mass is 504 g/mol. The number of nitro groups is 1. The van der Waals surface area contributed by atoms with Crippen LogP contribution in [0.15, 0.2) is 41.4 Å². The Hall–Kier alpha value is -4.23. The van der Waals surface area contributed by atoms with Gasteiger partial charge in [0.1, 0.15) is 11.1 Å². The summed E-state index contributed by atoms with van der Waals surface area (Å²) in [5.74, 6) is 0.325. The zero-order valence-electron chi connectivity index (χ0n) is 19.9. The zero-order chi connectivity index (χ0) is 25.7. The van der Waals surface area contributed by atoms with Crippen LogP contribution in [0.2, 0.25) is 0 Å². The van der Waals surface area contributed by atoms with E-state index in [0.29, 0.717) is 28.3 Å². The molecular weight excluding hydrogens is 480 g/mol. The molecule has 3 aromatic rings. The number of carbonyl (C=O) groups excluding carboxylic acids is 1. The summed E-state index contributed by atoms with van der Waals surface area (Å²) in [6, 6.07) is 11.8. The van der Waals surface area contributed by atoms with E-state index in [4.69, 9.17) is 9.47 Å². The molecule has 0 atom stereocenters. The van der Waals surface area contributed by atoms with Crippen LogP contribution in [0.3, 0.4) is 0 Å². The summed E-state index contributed by atoms with van der Waals surface area (Å²) >= 11 is 1.58. The predicted octanol–water partition coefficient (Wildman–Crippen LogP) is 5.49. The van der Waals surface area contributed by atoms with Crippen molar-refractivity contribution in [3.63, 3.8) is 0 Å². The first kappa shape index (κ1) is 24.9.